The Morgan fingerprint density at radius 3 is 2.70 bits per heavy atom. The van der Waals surface area contributed by atoms with Crippen LogP contribution in [0.25, 0.3) is 11.5 Å². The van der Waals surface area contributed by atoms with Crippen molar-refractivity contribution in [2.24, 2.45) is 23.7 Å². The van der Waals surface area contributed by atoms with Gasteiger partial charge in [-0.3, -0.25) is 0 Å². The highest BCUT2D eigenvalue weighted by molar-refractivity contribution is 5.62. The Labute approximate surface area is 119 Å². The number of fused-ring (bicyclic) bond motifs is 1. The Kier molecular flexibility index (Phi) is 2.62. The van der Waals surface area contributed by atoms with Crippen molar-refractivity contribution in [2.45, 2.75) is 13.8 Å². The van der Waals surface area contributed by atoms with Crippen LogP contribution in [0.1, 0.15) is 13.8 Å². The lowest BCUT2D eigenvalue weighted by molar-refractivity contribution is 0.480. The molecule has 2 atom stereocenters. The molecular weight excluding hydrogens is 248 g/mol. The number of oxazole rings is 1. The monoisotopic (exact) mass is 268 g/mol. The predicted octanol–water partition coefficient (Wildman–Crippen LogP) is 3.68. The van der Waals surface area contributed by atoms with Crippen molar-refractivity contribution in [3.63, 3.8) is 0 Å². The van der Waals surface area contributed by atoms with Crippen molar-refractivity contribution in [2.75, 3.05) is 18.0 Å². The molecule has 0 N–H and O–H groups in total. The van der Waals surface area contributed by atoms with Crippen LogP contribution in [0.3, 0.4) is 0 Å². The van der Waals surface area contributed by atoms with Gasteiger partial charge in [0.2, 0.25) is 5.89 Å². The van der Waals surface area contributed by atoms with E-state index < -0.39 is 0 Å². The molecule has 2 heterocycles. The number of hydrogen-bond donors (Lipinski definition) is 0. The quantitative estimate of drug-likeness (QED) is 0.850. The number of nitrogens with zero attached hydrogens (tertiary/aromatic N) is 2. The Morgan fingerprint density at radius 1 is 1.25 bits per heavy atom. The molecule has 1 aliphatic heterocycles. The lowest BCUT2D eigenvalue weighted by Crippen LogP contribution is -2.24. The summed E-state index contributed by atoms with van der Waals surface area (Å²) in [7, 11) is 0. The molecule has 3 heteroatoms. The lowest BCUT2D eigenvalue weighted by atomic mass is 10.0. The summed E-state index contributed by atoms with van der Waals surface area (Å²) in [6.07, 6.45) is 3.32. The van der Waals surface area contributed by atoms with E-state index in [0.717, 1.165) is 29.2 Å². The van der Waals surface area contributed by atoms with Gasteiger partial charge in [-0.2, -0.15) is 0 Å². The second kappa shape index (κ2) is 4.37. The molecule has 1 aromatic carbocycles. The molecule has 0 spiro atoms. The van der Waals surface area contributed by atoms with Crippen LogP contribution < -0.4 is 4.90 Å². The predicted molar refractivity (Wildman–Crippen MR) is 79.5 cm³/mol. The van der Waals surface area contributed by atoms with Gasteiger partial charge in [-0.25, -0.2) is 4.98 Å². The van der Waals surface area contributed by atoms with E-state index in [4.69, 9.17) is 4.42 Å². The van der Waals surface area contributed by atoms with Crippen LogP contribution in [-0.2, 0) is 0 Å². The zero-order valence-corrected chi connectivity index (χ0v) is 12.0. The summed E-state index contributed by atoms with van der Waals surface area (Å²) in [5.74, 6) is 4.34. The summed E-state index contributed by atoms with van der Waals surface area (Å²) in [5.41, 5.74) is 2.36. The van der Waals surface area contributed by atoms with E-state index in [1.165, 1.54) is 18.8 Å². The van der Waals surface area contributed by atoms with Crippen LogP contribution in [0.15, 0.2) is 41.1 Å². The van der Waals surface area contributed by atoms with Gasteiger partial charge < -0.3 is 9.32 Å². The lowest BCUT2D eigenvalue weighted by Gasteiger charge is -2.23. The Balaban J connectivity index is 1.53. The molecule has 2 fully saturated rings. The minimum Gasteiger partial charge on any atom is -0.445 e. The fraction of sp³-hybridized carbons (Fsp3) is 0.471. The normalized spacial score (nSPS) is 27.9. The zero-order valence-electron chi connectivity index (χ0n) is 12.0. The van der Waals surface area contributed by atoms with E-state index in [-0.39, 0.29) is 0 Å². The van der Waals surface area contributed by atoms with Crippen molar-refractivity contribution in [3.05, 3.63) is 36.7 Å². The molecule has 0 bridgehead atoms. The van der Waals surface area contributed by atoms with Crippen LogP contribution in [0.5, 0.6) is 0 Å². The molecule has 1 saturated heterocycles. The first kappa shape index (κ1) is 12.0. The molecule has 4 rings (SSSR count). The average Bonchev–Trinajstić information content (AvgIpc) is 2.90. The summed E-state index contributed by atoms with van der Waals surface area (Å²) in [6, 6.07) is 8.55. The van der Waals surface area contributed by atoms with E-state index in [1.807, 2.05) is 0 Å². The maximum absolute atomic E-state index is 5.39. The summed E-state index contributed by atoms with van der Waals surface area (Å²) in [4.78, 5) is 6.74. The van der Waals surface area contributed by atoms with Gasteiger partial charge in [0.25, 0.3) is 0 Å². The molecule has 3 nitrogen and oxygen atoms in total. The minimum absolute atomic E-state index is 0.705. The molecule has 0 radical (unpaired) electrons. The molecule has 20 heavy (non-hydrogen) atoms. The first-order chi connectivity index (χ1) is 9.74. The van der Waals surface area contributed by atoms with Crippen molar-refractivity contribution in [3.8, 4) is 11.5 Å². The molecule has 0 amide bonds. The van der Waals surface area contributed by atoms with Crippen LogP contribution in [0.2, 0.25) is 0 Å². The van der Waals surface area contributed by atoms with E-state index in [2.05, 4.69) is 48.0 Å². The van der Waals surface area contributed by atoms with E-state index >= 15 is 0 Å². The van der Waals surface area contributed by atoms with Crippen LogP contribution >= 0.6 is 0 Å². The fourth-order valence-corrected chi connectivity index (χ4v) is 3.97. The highest BCUT2D eigenvalue weighted by atomic mass is 16.3. The third-order valence-corrected chi connectivity index (χ3v) is 4.92. The fourth-order valence-electron chi connectivity index (χ4n) is 3.97. The zero-order chi connectivity index (χ0) is 13.7. The third-order valence-electron chi connectivity index (χ3n) is 4.92. The van der Waals surface area contributed by atoms with Gasteiger partial charge in [0.15, 0.2) is 0 Å². The second-order valence-electron chi connectivity index (χ2n) is 6.44. The van der Waals surface area contributed by atoms with Gasteiger partial charge in [0.05, 0.1) is 6.20 Å². The Morgan fingerprint density at radius 2 is 2.05 bits per heavy atom. The molecular formula is C17H20N2O. The molecule has 1 aliphatic carbocycles. The number of anilines is 1. The molecule has 2 unspecified atom stereocenters. The standard InChI is InChI=1S/C17H20N2O/c1-11(2)16-14-9-19(10-15(14)16)13-5-3-4-12(8-13)17-18-6-7-20-17/h3-8,11,14-16H,9-10H2,1-2H3. The Hall–Kier alpha value is -1.77. The van der Waals surface area contributed by atoms with Gasteiger partial charge in [0, 0.05) is 24.3 Å². The van der Waals surface area contributed by atoms with Crippen LogP contribution in [0.4, 0.5) is 5.69 Å². The van der Waals surface area contributed by atoms with Crippen molar-refractivity contribution in [1.82, 2.24) is 4.98 Å². The van der Waals surface area contributed by atoms with Crippen molar-refractivity contribution < 1.29 is 4.42 Å². The molecule has 1 aromatic heterocycles. The molecule has 1 saturated carbocycles. The number of aromatic nitrogens is 1. The van der Waals surface area contributed by atoms with E-state index in [1.54, 1.807) is 12.5 Å². The van der Waals surface area contributed by atoms with Crippen LogP contribution in [-0.4, -0.2) is 18.1 Å². The van der Waals surface area contributed by atoms with Crippen LogP contribution in [0, 0.1) is 23.7 Å². The molecule has 2 aliphatic rings. The van der Waals surface area contributed by atoms with E-state index in [9.17, 15) is 0 Å². The van der Waals surface area contributed by atoms with Crippen molar-refractivity contribution >= 4 is 5.69 Å². The summed E-state index contributed by atoms with van der Waals surface area (Å²) in [5, 5.41) is 0. The smallest absolute Gasteiger partial charge is 0.225 e. The van der Waals surface area contributed by atoms with Gasteiger partial charge in [-0.15, -0.1) is 0 Å². The van der Waals surface area contributed by atoms with Gasteiger partial charge in [0.1, 0.15) is 6.26 Å². The average molecular weight is 268 g/mol. The minimum atomic E-state index is 0.705. The number of rotatable bonds is 3. The topological polar surface area (TPSA) is 29.3 Å². The van der Waals surface area contributed by atoms with E-state index in [0.29, 0.717) is 5.89 Å². The molecule has 104 valence electrons. The summed E-state index contributed by atoms with van der Waals surface area (Å²) in [6.45, 7) is 7.14. The van der Waals surface area contributed by atoms with Gasteiger partial charge >= 0.3 is 0 Å². The maximum Gasteiger partial charge on any atom is 0.225 e. The number of hydrogen-bond acceptors (Lipinski definition) is 3. The first-order valence-corrected chi connectivity index (χ1v) is 7.49. The van der Waals surface area contributed by atoms with Gasteiger partial charge in [-0.05, 0) is 41.9 Å². The first-order valence-electron chi connectivity index (χ1n) is 7.49. The maximum atomic E-state index is 5.39. The highest BCUT2D eigenvalue weighted by Gasteiger charge is 2.56. The number of benzene rings is 1. The SMILES string of the molecule is CC(C)C1C2CN(c3cccc(-c4ncco4)c3)CC21. The second-order valence-corrected chi connectivity index (χ2v) is 6.44. The molecule has 2 aromatic rings. The highest BCUT2D eigenvalue weighted by Crippen LogP contribution is 2.56. The summed E-state index contributed by atoms with van der Waals surface area (Å²) >= 11 is 0. The summed E-state index contributed by atoms with van der Waals surface area (Å²) < 4.78 is 5.39. The van der Waals surface area contributed by atoms with Gasteiger partial charge in [-0.1, -0.05) is 19.9 Å². The third kappa shape index (κ3) is 1.84. The largest absolute Gasteiger partial charge is 0.445 e. The Bertz CT molecular complexity index is 593. The number of piperidine rings is 1. The van der Waals surface area contributed by atoms with Crippen molar-refractivity contribution in [1.29, 1.82) is 0 Å².